The van der Waals surface area contributed by atoms with Crippen molar-refractivity contribution in [2.45, 2.75) is 26.4 Å². The lowest BCUT2D eigenvalue weighted by Crippen LogP contribution is -2.65. The zero-order valence-corrected chi connectivity index (χ0v) is 11.7. The third kappa shape index (κ3) is 2.25. The van der Waals surface area contributed by atoms with Crippen molar-refractivity contribution in [3.63, 3.8) is 0 Å². The van der Waals surface area contributed by atoms with E-state index in [9.17, 15) is 9.90 Å². The Labute approximate surface area is 112 Å². The van der Waals surface area contributed by atoms with Gasteiger partial charge in [-0.2, -0.15) is 0 Å². The molecule has 0 bridgehead atoms. The number of carbonyl (C=O) groups is 1. The molecule has 3 nitrogen and oxygen atoms in total. The molecular formula is C14H18ClNO2. The molecule has 2 rings (SSSR count). The van der Waals surface area contributed by atoms with E-state index < -0.39 is 5.60 Å². The number of carbonyl (C=O) groups excluding carboxylic acids is 1. The van der Waals surface area contributed by atoms with Crippen LogP contribution in [0.2, 0.25) is 5.02 Å². The van der Waals surface area contributed by atoms with Gasteiger partial charge in [0.1, 0.15) is 5.60 Å². The molecule has 18 heavy (non-hydrogen) atoms. The number of hydrogen-bond donors (Lipinski definition) is 1. The van der Waals surface area contributed by atoms with Gasteiger partial charge in [0.15, 0.2) is 0 Å². The molecule has 0 aliphatic carbocycles. The number of amides is 1. The van der Waals surface area contributed by atoms with Crippen molar-refractivity contribution in [2.75, 3.05) is 13.1 Å². The van der Waals surface area contributed by atoms with Crippen molar-refractivity contribution < 1.29 is 9.90 Å². The number of halogens is 1. The molecule has 1 saturated heterocycles. The maximum absolute atomic E-state index is 12.2. The maximum Gasteiger partial charge on any atom is 0.254 e. The van der Waals surface area contributed by atoms with Gasteiger partial charge in [-0.3, -0.25) is 4.79 Å². The Morgan fingerprint density at radius 1 is 1.44 bits per heavy atom. The van der Waals surface area contributed by atoms with Crippen molar-refractivity contribution in [1.29, 1.82) is 0 Å². The topological polar surface area (TPSA) is 40.5 Å². The van der Waals surface area contributed by atoms with Gasteiger partial charge in [-0.05, 0) is 36.6 Å². The quantitative estimate of drug-likeness (QED) is 0.894. The molecule has 1 heterocycles. The summed E-state index contributed by atoms with van der Waals surface area (Å²) in [5.41, 5.74) is 0.793. The number of β-amino-alcohol motifs (C(OH)–C–C–N with tert-alkyl or cyclic N) is 1. The third-order valence-electron chi connectivity index (χ3n) is 3.70. The van der Waals surface area contributed by atoms with E-state index in [-0.39, 0.29) is 11.8 Å². The lowest BCUT2D eigenvalue weighted by molar-refractivity contribution is -0.110. The molecule has 1 aliphatic rings. The number of aryl methyl sites for hydroxylation is 1. The van der Waals surface area contributed by atoms with E-state index in [4.69, 9.17) is 11.6 Å². The molecule has 0 spiro atoms. The second-order valence-electron chi connectivity index (χ2n) is 5.38. The van der Waals surface area contributed by atoms with E-state index >= 15 is 0 Å². The van der Waals surface area contributed by atoms with Crippen LogP contribution in [0.4, 0.5) is 0 Å². The van der Waals surface area contributed by atoms with Crippen LogP contribution in [0.5, 0.6) is 0 Å². The molecule has 0 unspecified atom stereocenters. The molecule has 98 valence electrons. The Morgan fingerprint density at radius 2 is 2.06 bits per heavy atom. The summed E-state index contributed by atoms with van der Waals surface area (Å²) >= 11 is 5.93. The number of hydrogen-bond acceptors (Lipinski definition) is 2. The fraction of sp³-hybridized carbons (Fsp3) is 0.500. The molecule has 4 heteroatoms. The molecule has 0 atom stereocenters. The maximum atomic E-state index is 12.2. The minimum absolute atomic E-state index is 0.0416. The largest absolute Gasteiger partial charge is 0.386 e. The highest BCUT2D eigenvalue weighted by Crippen LogP contribution is 2.30. The summed E-state index contributed by atoms with van der Waals surface area (Å²) in [5, 5.41) is 10.8. The van der Waals surface area contributed by atoms with E-state index in [1.165, 1.54) is 0 Å². The molecule has 0 aromatic heterocycles. The van der Waals surface area contributed by atoms with Crippen LogP contribution in [0, 0.1) is 12.8 Å². The summed E-state index contributed by atoms with van der Waals surface area (Å²) in [6.07, 6.45) is 0. The summed E-state index contributed by atoms with van der Waals surface area (Å²) in [6.45, 7) is 6.62. The minimum atomic E-state index is -0.725. The van der Waals surface area contributed by atoms with Crippen LogP contribution in [0.1, 0.15) is 29.8 Å². The van der Waals surface area contributed by atoms with Gasteiger partial charge in [0.05, 0.1) is 13.1 Å². The van der Waals surface area contributed by atoms with Crippen molar-refractivity contribution in [3.05, 3.63) is 34.3 Å². The number of likely N-dealkylation sites (tertiary alicyclic amines) is 1. The highest BCUT2D eigenvalue weighted by molar-refractivity contribution is 6.31. The average molecular weight is 268 g/mol. The second kappa shape index (κ2) is 4.56. The highest BCUT2D eigenvalue weighted by atomic mass is 35.5. The molecule has 1 fully saturated rings. The lowest BCUT2D eigenvalue weighted by Gasteiger charge is -2.49. The van der Waals surface area contributed by atoms with Gasteiger partial charge in [-0.25, -0.2) is 0 Å². The van der Waals surface area contributed by atoms with Crippen LogP contribution in [0.15, 0.2) is 18.2 Å². The van der Waals surface area contributed by atoms with E-state index in [2.05, 4.69) is 0 Å². The highest BCUT2D eigenvalue weighted by Gasteiger charge is 2.45. The molecule has 0 saturated carbocycles. The molecular weight excluding hydrogens is 250 g/mol. The van der Waals surface area contributed by atoms with E-state index in [1.54, 1.807) is 23.1 Å². The first-order valence-corrected chi connectivity index (χ1v) is 6.49. The smallest absolute Gasteiger partial charge is 0.254 e. The van der Waals surface area contributed by atoms with Crippen molar-refractivity contribution in [1.82, 2.24) is 4.90 Å². The SMILES string of the molecule is Cc1cc(C(=O)N2CC(O)(C(C)C)C2)ccc1Cl. The Hall–Kier alpha value is -1.06. The summed E-state index contributed by atoms with van der Waals surface area (Å²) in [4.78, 5) is 13.8. The minimum Gasteiger partial charge on any atom is -0.386 e. The number of aliphatic hydroxyl groups is 1. The summed E-state index contributed by atoms with van der Waals surface area (Å²) in [7, 11) is 0. The average Bonchev–Trinajstić information content (AvgIpc) is 2.27. The Morgan fingerprint density at radius 3 is 2.56 bits per heavy atom. The molecule has 1 aromatic carbocycles. The Bertz CT molecular complexity index is 479. The molecule has 1 aliphatic heterocycles. The summed E-state index contributed by atoms with van der Waals surface area (Å²) in [6, 6.07) is 5.25. The first-order valence-electron chi connectivity index (χ1n) is 6.11. The second-order valence-corrected chi connectivity index (χ2v) is 5.79. The van der Waals surface area contributed by atoms with Gasteiger partial charge in [-0.15, -0.1) is 0 Å². The van der Waals surface area contributed by atoms with Gasteiger partial charge in [0, 0.05) is 10.6 Å². The van der Waals surface area contributed by atoms with Crippen LogP contribution in [0.25, 0.3) is 0 Å². The number of rotatable bonds is 2. The third-order valence-corrected chi connectivity index (χ3v) is 4.12. The number of benzene rings is 1. The monoisotopic (exact) mass is 267 g/mol. The standard InChI is InChI=1S/C14H18ClNO2/c1-9(2)14(18)7-16(8-14)13(17)11-4-5-12(15)10(3)6-11/h4-6,9,18H,7-8H2,1-3H3. The van der Waals surface area contributed by atoms with E-state index in [0.29, 0.717) is 23.7 Å². The number of nitrogens with zero attached hydrogens (tertiary/aromatic N) is 1. The van der Waals surface area contributed by atoms with Crippen LogP contribution >= 0.6 is 11.6 Å². The van der Waals surface area contributed by atoms with Crippen LogP contribution < -0.4 is 0 Å². The normalized spacial score (nSPS) is 17.8. The zero-order chi connectivity index (χ0) is 13.5. The van der Waals surface area contributed by atoms with E-state index in [1.807, 2.05) is 20.8 Å². The van der Waals surface area contributed by atoms with Crippen LogP contribution in [-0.2, 0) is 0 Å². The van der Waals surface area contributed by atoms with Crippen LogP contribution in [-0.4, -0.2) is 34.6 Å². The van der Waals surface area contributed by atoms with Crippen molar-refractivity contribution >= 4 is 17.5 Å². The molecule has 1 N–H and O–H groups in total. The predicted molar refractivity (Wildman–Crippen MR) is 71.9 cm³/mol. The Kier molecular flexibility index (Phi) is 3.39. The molecule has 0 radical (unpaired) electrons. The van der Waals surface area contributed by atoms with Crippen molar-refractivity contribution in [2.24, 2.45) is 5.92 Å². The van der Waals surface area contributed by atoms with Gasteiger partial charge in [0.25, 0.3) is 5.91 Å². The van der Waals surface area contributed by atoms with Gasteiger partial charge >= 0.3 is 0 Å². The van der Waals surface area contributed by atoms with Crippen molar-refractivity contribution in [3.8, 4) is 0 Å². The van der Waals surface area contributed by atoms with E-state index in [0.717, 1.165) is 5.56 Å². The first-order chi connectivity index (χ1) is 8.33. The molecule has 1 aromatic rings. The Balaban J connectivity index is 2.08. The fourth-order valence-electron chi connectivity index (χ4n) is 2.08. The van der Waals surface area contributed by atoms with Crippen LogP contribution in [0.3, 0.4) is 0 Å². The zero-order valence-electron chi connectivity index (χ0n) is 10.9. The van der Waals surface area contributed by atoms with Gasteiger partial charge in [0.2, 0.25) is 0 Å². The first kappa shape index (κ1) is 13.4. The summed E-state index contributed by atoms with van der Waals surface area (Å²) < 4.78 is 0. The predicted octanol–water partition coefficient (Wildman–Crippen LogP) is 2.49. The van der Waals surface area contributed by atoms with Gasteiger partial charge < -0.3 is 10.0 Å². The van der Waals surface area contributed by atoms with Gasteiger partial charge in [-0.1, -0.05) is 25.4 Å². The fourth-order valence-corrected chi connectivity index (χ4v) is 2.20. The summed E-state index contributed by atoms with van der Waals surface area (Å²) in [5.74, 6) is 0.119. The molecule has 1 amide bonds. The lowest BCUT2D eigenvalue weighted by atomic mass is 9.82.